The Kier molecular flexibility index (Phi) is 6.29. The minimum Gasteiger partial charge on any atom is -0.493 e. The maximum absolute atomic E-state index is 6.40. The first-order valence-electron chi connectivity index (χ1n) is 12.1. The minimum atomic E-state index is -0.100. The number of ether oxygens (including phenoxy) is 3. The van der Waals surface area contributed by atoms with E-state index in [9.17, 15) is 0 Å². The first-order chi connectivity index (χ1) is 17.8. The number of fused-ring (bicyclic) bond motifs is 1. The molecule has 0 radical (unpaired) electrons. The number of methoxy groups -OCH3 is 2. The van der Waals surface area contributed by atoms with E-state index in [-0.39, 0.29) is 5.41 Å². The van der Waals surface area contributed by atoms with Crippen molar-refractivity contribution in [3.63, 3.8) is 0 Å². The van der Waals surface area contributed by atoms with E-state index in [0.717, 1.165) is 33.6 Å². The lowest BCUT2D eigenvalue weighted by Gasteiger charge is -2.15. The number of aromatic nitrogens is 4. The number of para-hydroxylation sites is 1. The summed E-state index contributed by atoms with van der Waals surface area (Å²) >= 11 is 0. The second kappa shape index (κ2) is 9.58. The van der Waals surface area contributed by atoms with E-state index in [4.69, 9.17) is 19.3 Å². The van der Waals surface area contributed by atoms with Crippen LogP contribution in [0.4, 0.5) is 0 Å². The SMILES string of the molecule is COc1cc2ncnc(Oc3cccc(-c4cc(C(C)(C)C)nn4-c4ccccc4)c3C)c2cc1OC. The average molecular weight is 495 g/mol. The van der Waals surface area contributed by atoms with Crippen LogP contribution in [0.1, 0.15) is 32.0 Å². The molecule has 2 heterocycles. The summed E-state index contributed by atoms with van der Waals surface area (Å²) in [5, 5.41) is 5.72. The van der Waals surface area contributed by atoms with Gasteiger partial charge in [0, 0.05) is 22.6 Å². The zero-order valence-electron chi connectivity index (χ0n) is 21.9. The summed E-state index contributed by atoms with van der Waals surface area (Å²) in [6.07, 6.45) is 1.49. The highest BCUT2D eigenvalue weighted by Gasteiger charge is 2.23. The van der Waals surface area contributed by atoms with Crippen LogP contribution in [0.15, 0.2) is 73.1 Å². The fraction of sp³-hybridized carbons (Fsp3) is 0.233. The van der Waals surface area contributed by atoms with Gasteiger partial charge in [-0.2, -0.15) is 5.10 Å². The molecule has 0 aliphatic rings. The molecule has 2 aromatic heterocycles. The van der Waals surface area contributed by atoms with Crippen LogP contribution in [-0.2, 0) is 5.41 Å². The molecule has 188 valence electrons. The van der Waals surface area contributed by atoms with E-state index in [2.05, 4.69) is 61.9 Å². The lowest BCUT2D eigenvalue weighted by Crippen LogP contribution is -2.12. The van der Waals surface area contributed by atoms with Crippen molar-refractivity contribution in [2.24, 2.45) is 0 Å². The van der Waals surface area contributed by atoms with Gasteiger partial charge in [-0.3, -0.25) is 0 Å². The van der Waals surface area contributed by atoms with E-state index in [1.807, 2.05) is 47.1 Å². The van der Waals surface area contributed by atoms with Gasteiger partial charge < -0.3 is 14.2 Å². The van der Waals surface area contributed by atoms with Gasteiger partial charge in [0.25, 0.3) is 0 Å². The molecule has 0 unspecified atom stereocenters. The maximum Gasteiger partial charge on any atom is 0.230 e. The zero-order chi connectivity index (χ0) is 26.2. The van der Waals surface area contributed by atoms with E-state index in [1.165, 1.54) is 6.33 Å². The lowest BCUT2D eigenvalue weighted by molar-refractivity contribution is 0.355. The Balaban J connectivity index is 1.62. The van der Waals surface area contributed by atoms with Gasteiger partial charge >= 0.3 is 0 Å². The van der Waals surface area contributed by atoms with Crippen LogP contribution in [-0.4, -0.2) is 34.0 Å². The summed E-state index contributed by atoms with van der Waals surface area (Å²) in [4.78, 5) is 8.82. The van der Waals surface area contributed by atoms with Gasteiger partial charge in [0.05, 0.1) is 42.2 Å². The third-order valence-corrected chi connectivity index (χ3v) is 6.35. The molecule has 0 saturated heterocycles. The van der Waals surface area contributed by atoms with Crippen molar-refractivity contribution in [1.82, 2.24) is 19.7 Å². The molecular weight excluding hydrogens is 464 g/mol. The topological polar surface area (TPSA) is 71.3 Å². The molecule has 5 rings (SSSR count). The summed E-state index contributed by atoms with van der Waals surface area (Å²) in [6, 6.07) is 22.0. The van der Waals surface area contributed by atoms with Crippen molar-refractivity contribution in [3.8, 4) is 40.1 Å². The fourth-order valence-corrected chi connectivity index (χ4v) is 4.25. The van der Waals surface area contributed by atoms with Crippen molar-refractivity contribution in [2.45, 2.75) is 33.1 Å². The second-order valence-corrected chi connectivity index (χ2v) is 9.85. The maximum atomic E-state index is 6.40. The summed E-state index contributed by atoms with van der Waals surface area (Å²) in [5.41, 5.74) is 5.62. The second-order valence-electron chi connectivity index (χ2n) is 9.85. The Morgan fingerprint density at radius 3 is 2.22 bits per heavy atom. The van der Waals surface area contributed by atoms with Crippen LogP contribution in [0, 0.1) is 6.92 Å². The van der Waals surface area contributed by atoms with E-state index >= 15 is 0 Å². The largest absolute Gasteiger partial charge is 0.493 e. The van der Waals surface area contributed by atoms with Gasteiger partial charge in [0.2, 0.25) is 5.88 Å². The monoisotopic (exact) mass is 494 g/mol. The van der Waals surface area contributed by atoms with Crippen LogP contribution >= 0.6 is 0 Å². The minimum absolute atomic E-state index is 0.100. The number of rotatable bonds is 6. The van der Waals surface area contributed by atoms with Gasteiger partial charge in [-0.25, -0.2) is 14.6 Å². The molecule has 0 aliphatic carbocycles. The summed E-state index contributed by atoms with van der Waals surface area (Å²) in [6.45, 7) is 8.57. The number of hydrogen-bond donors (Lipinski definition) is 0. The van der Waals surface area contributed by atoms with Crippen molar-refractivity contribution >= 4 is 10.9 Å². The van der Waals surface area contributed by atoms with Crippen molar-refractivity contribution < 1.29 is 14.2 Å². The first kappa shape index (κ1) is 24.3. The molecule has 0 N–H and O–H groups in total. The number of nitrogens with zero attached hydrogens (tertiary/aromatic N) is 4. The van der Waals surface area contributed by atoms with Crippen LogP contribution in [0.25, 0.3) is 27.8 Å². The highest BCUT2D eigenvalue weighted by atomic mass is 16.5. The van der Waals surface area contributed by atoms with E-state index < -0.39 is 0 Å². The zero-order valence-corrected chi connectivity index (χ0v) is 21.9. The third kappa shape index (κ3) is 4.60. The average Bonchev–Trinajstić information content (AvgIpc) is 3.36. The van der Waals surface area contributed by atoms with Crippen molar-refractivity contribution in [2.75, 3.05) is 14.2 Å². The molecule has 0 aliphatic heterocycles. The standard InChI is InChI=1S/C30H30N4O3/c1-19-21(24-17-28(30(2,3)4)33-34(24)20-11-8-7-9-12-20)13-10-14-25(19)37-29-22-15-26(35-5)27(36-6)16-23(22)31-18-32-29/h7-18H,1-6H3. The molecule has 0 fully saturated rings. The summed E-state index contributed by atoms with van der Waals surface area (Å²) in [5.74, 6) is 2.33. The van der Waals surface area contributed by atoms with Gasteiger partial charge in [0.15, 0.2) is 11.5 Å². The first-order valence-corrected chi connectivity index (χ1v) is 12.1. The molecule has 0 atom stereocenters. The number of hydrogen-bond acceptors (Lipinski definition) is 6. The molecule has 0 spiro atoms. The van der Waals surface area contributed by atoms with E-state index in [0.29, 0.717) is 28.6 Å². The molecule has 3 aromatic carbocycles. The lowest BCUT2D eigenvalue weighted by atomic mass is 9.91. The highest BCUT2D eigenvalue weighted by molar-refractivity contribution is 5.87. The normalized spacial score (nSPS) is 11.5. The molecular formula is C30H30N4O3. The van der Waals surface area contributed by atoms with E-state index in [1.54, 1.807) is 14.2 Å². The van der Waals surface area contributed by atoms with Gasteiger partial charge in [-0.15, -0.1) is 0 Å². The molecule has 0 amide bonds. The van der Waals surface area contributed by atoms with Crippen LogP contribution < -0.4 is 14.2 Å². The molecule has 5 aromatic rings. The van der Waals surface area contributed by atoms with Crippen LogP contribution in [0.3, 0.4) is 0 Å². The molecule has 37 heavy (non-hydrogen) atoms. The molecule has 7 nitrogen and oxygen atoms in total. The van der Waals surface area contributed by atoms with Gasteiger partial charge in [0.1, 0.15) is 12.1 Å². The Labute approximate surface area is 216 Å². The van der Waals surface area contributed by atoms with Crippen molar-refractivity contribution in [3.05, 3.63) is 84.3 Å². The molecule has 0 bridgehead atoms. The smallest absolute Gasteiger partial charge is 0.230 e. The molecule has 0 saturated carbocycles. The third-order valence-electron chi connectivity index (χ3n) is 6.35. The highest BCUT2D eigenvalue weighted by Crippen LogP contribution is 2.39. The van der Waals surface area contributed by atoms with Crippen LogP contribution in [0.5, 0.6) is 23.1 Å². The predicted molar refractivity (Wildman–Crippen MR) is 145 cm³/mol. The summed E-state index contributed by atoms with van der Waals surface area (Å²) < 4.78 is 19.3. The van der Waals surface area contributed by atoms with Crippen LogP contribution in [0.2, 0.25) is 0 Å². The van der Waals surface area contributed by atoms with Crippen molar-refractivity contribution in [1.29, 1.82) is 0 Å². The fourth-order valence-electron chi connectivity index (χ4n) is 4.25. The predicted octanol–water partition coefficient (Wildman–Crippen LogP) is 6.90. The molecule has 7 heteroatoms. The van der Waals surface area contributed by atoms with Gasteiger partial charge in [-0.1, -0.05) is 51.1 Å². The Bertz CT molecular complexity index is 1570. The Hall–Kier alpha value is -4.39. The van der Waals surface area contributed by atoms with Gasteiger partial charge in [-0.05, 0) is 37.3 Å². The Morgan fingerprint density at radius 2 is 1.51 bits per heavy atom. The number of benzene rings is 3. The Morgan fingerprint density at radius 1 is 0.784 bits per heavy atom. The summed E-state index contributed by atoms with van der Waals surface area (Å²) in [7, 11) is 3.20. The quantitative estimate of drug-likeness (QED) is 0.256.